The number of nitrogens with zero attached hydrogens (tertiary/aromatic N) is 1. The van der Waals surface area contributed by atoms with Crippen LogP contribution in [0.4, 0.5) is 8.78 Å². The summed E-state index contributed by atoms with van der Waals surface area (Å²) in [6.07, 6.45) is 2.19. The molecule has 1 aliphatic rings. The molecule has 0 aromatic heterocycles. The summed E-state index contributed by atoms with van der Waals surface area (Å²) >= 11 is 0. The molecule has 26 heavy (non-hydrogen) atoms. The number of amides is 1. The Bertz CT molecular complexity index is 756. The van der Waals surface area contributed by atoms with E-state index < -0.39 is 23.1 Å². The highest BCUT2D eigenvalue weighted by Crippen LogP contribution is 2.27. The van der Waals surface area contributed by atoms with Gasteiger partial charge in [-0.05, 0) is 55.8 Å². The van der Waals surface area contributed by atoms with Crippen LogP contribution in [0.3, 0.4) is 0 Å². The minimum atomic E-state index is -0.860. The minimum absolute atomic E-state index is 0.0774. The van der Waals surface area contributed by atoms with Gasteiger partial charge in [0.25, 0.3) is 5.91 Å². The maximum absolute atomic E-state index is 13.8. The van der Waals surface area contributed by atoms with Gasteiger partial charge in [0.15, 0.2) is 0 Å². The molecule has 6 heteroatoms. The van der Waals surface area contributed by atoms with Crippen molar-refractivity contribution in [2.24, 2.45) is 0 Å². The summed E-state index contributed by atoms with van der Waals surface area (Å²) in [6.45, 7) is 2.11. The molecule has 2 aromatic carbocycles. The molecule has 1 fully saturated rings. The second kappa shape index (κ2) is 8.27. The van der Waals surface area contributed by atoms with Crippen LogP contribution in [0.15, 0.2) is 42.5 Å². The van der Waals surface area contributed by atoms with Gasteiger partial charge < -0.3 is 10.1 Å². The Labute approximate surface area is 151 Å². The number of benzene rings is 2. The molecule has 1 aliphatic heterocycles. The largest absolute Gasteiger partial charge is 0.497 e. The van der Waals surface area contributed by atoms with Gasteiger partial charge in [-0.3, -0.25) is 9.69 Å². The molecular formula is C20H22F2N2O2. The average molecular weight is 360 g/mol. The van der Waals surface area contributed by atoms with Crippen LogP contribution in [0.5, 0.6) is 5.75 Å². The second-order valence-corrected chi connectivity index (χ2v) is 6.34. The van der Waals surface area contributed by atoms with Gasteiger partial charge in [-0.2, -0.15) is 0 Å². The van der Waals surface area contributed by atoms with Crippen molar-refractivity contribution in [1.82, 2.24) is 10.2 Å². The summed E-state index contributed by atoms with van der Waals surface area (Å²) in [5.74, 6) is -1.73. The van der Waals surface area contributed by atoms with Gasteiger partial charge in [-0.15, -0.1) is 0 Å². The fourth-order valence-electron chi connectivity index (χ4n) is 3.35. The number of carbonyl (C=O) groups excluding carboxylic acids is 1. The molecule has 3 rings (SSSR count). The van der Waals surface area contributed by atoms with E-state index in [4.69, 9.17) is 4.74 Å². The molecule has 0 aliphatic carbocycles. The molecule has 0 radical (unpaired) electrons. The third kappa shape index (κ3) is 4.02. The molecule has 1 heterocycles. The van der Waals surface area contributed by atoms with Crippen molar-refractivity contribution in [3.63, 3.8) is 0 Å². The van der Waals surface area contributed by atoms with Crippen LogP contribution in [0, 0.1) is 11.6 Å². The first-order valence-corrected chi connectivity index (χ1v) is 8.70. The standard InChI is InChI=1S/C20H22F2N2O2/c1-26-15-7-4-6-14(12-15)18(24-10-2-3-11-24)13-23-20(25)19-16(21)8-5-9-17(19)22/h4-9,12,18H,2-3,10-11,13H2,1H3,(H,23,25). The number of rotatable bonds is 6. The zero-order valence-electron chi connectivity index (χ0n) is 14.7. The lowest BCUT2D eigenvalue weighted by Crippen LogP contribution is -2.37. The Hall–Kier alpha value is -2.47. The van der Waals surface area contributed by atoms with Crippen LogP contribution in [-0.2, 0) is 0 Å². The number of methoxy groups -OCH3 is 1. The lowest BCUT2D eigenvalue weighted by atomic mass is 10.0. The average Bonchev–Trinajstić information content (AvgIpc) is 3.16. The first-order valence-electron chi connectivity index (χ1n) is 8.70. The van der Waals surface area contributed by atoms with Crippen LogP contribution in [0.25, 0.3) is 0 Å². The Morgan fingerprint density at radius 3 is 2.46 bits per heavy atom. The summed E-state index contributed by atoms with van der Waals surface area (Å²) in [5.41, 5.74) is 0.457. The summed E-state index contributed by atoms with van der Waals surface area (Å²) < 4.78 is 32.9. The monoisotopic (exact) mass is 360 g/mol. The lowest BCUT2D eigenvalue weighted by Gasteiger charge is -2.28. The van der Waals surface area contributed by atoms with Crippen molar-refractivity contribution in [2.45, 2.75) is 18.9 Å². The molecule has 0 saturated carbocycles. The maximum atomic E-state index is 13.8. The molecule has 2 aromatic rings. The van der Waals surface area contributed by atoms with Gasteiger partial charge in [0.1, 0.15) is 22.9 Å². The number of hydrogen-bond acceptors (Lipinski definition) is 3. The van der Waals surface area contributed by atoms with Crippen molar-refractivity contribution in [1.29, 1.82) is 0 Å². The number of ether oxygens (including phenoxy) is 1. The zero-order chi connectivity index (χ0) is 18.5. The number of nitrogens with one attached hydrogen (secondary N) is 1. The molecule has 1 atom stereocenters. The number of carbonyl (C=O) groups is 1. The smallest absolute Gasteiger partial charge is 0.257 e. The Kier molecular flexibility index (Phi) is 5.83. The molecule has 0 bridgehead atoms. The van der Waals surface area contributed by atoms with E-state index in [1.807, 2.05) is 24.3 Å². The lowest BCUT2D eigenvalue weighted by molar-refractivity contribution is 0.0929. The van der Waals surface area contributed by atoms with Crippen molar-refractivity contribution in [3.05, 3.63) is 65.2 Å². The molecule has 138 valence electrons. The summed E-state index contributed by atoms with van der Waals surface area (Å²) in [6, 6.07) is 11.0. The van der Waals surface area contributed by atoms with E-state index >= 15 is 0 Å². The van der Waals surface area contributed by atoms with E-state index in [0.717, 1.165) is 49.4 Å². The van der Waals surface area contributed by atoms with Crippen LogP contribution in [0.1, 0.15) is 34.8 Å². The summed E-state index contributed by atoms with van der Waals surface area (Å²) in [4.78, 5) is 14.6. The zero-order valence-corrected chi connectivity index (χ0v) is 14.7. The highest BCUT2D eigenvalue weighted by molar-refractivity contribution is 5.94. The van der Waals surface area contributed by atoms with Gasteiger partial charge in [-0.25, -0.2) is 8.78 Å². The van der Waals surface area contributed by atoms with Crippen LogP contribution >= 0.6 is 0 Å². The predicted octanol–water partition coefficient (Wildman–Crippen LogP) is 3.54. The molecular weight excluding hydrogens is 338 g/mol. The highest BCUT2D eigenvalue weighted by atomic mass is 19.1. The van der Waals surface area contributed by atoms with Crippen molar-refractivity contribution < 1.29 is 18.3 Å². The van der Waals surface area contributed by atoms with Crippen molar-refractivity contribution in [3.8, 4) is 5.75 Å². The Balaban J connectivity index is 1.79. The van der Waals surface area contributed by atoms with Gasteiger partial charge in [0.05, 0.1) is 13.2 Å². The summed E-state index contributed by atoms with van der Waals surface area (Å²) in [5, 5.41) is 2.69. The van der Waals surface area contributed by atoms with E-state index in [1.54, 1.807) is 7.11 Å². The van der Waals surface area contributed by atoms with E-state index in [-0.39, 0.29) is 12.6 Å². The number of hydrogen-bond donors (Lipinski definition) is 1. The van der Waals surface area contributed by atoms with E-state index in [2.05, 4.69) is 10.2 Å². The third-order valence-corrected chi connectivity index (χ3v) is 4.71. The molecule has 1 unspecified atom stereocenters. The highest BCUT2D eigenvalue weighted by Gasteiger charge is 2.25. The maximum Gasteiger partial charge on any atom is 0.257 e. The number of likely N-dealkylation sites (tertiary alicyclic amines) is 1. The molecule has 4 nitrogen and oxygen atoms in total. The minimum Gasteiger partial charge on any atom is -0.497 e. The van der Waals surface area contributed by atoms with E-state index in [0.29, 0.717) is 0 Å². The third-order valence-electron chi connectivity index (χ3n) is 4.71. The quantitative estimate of drug-likeness (QED) is 0.857. The molecule has 1 amide bonds. The van der Waals surface area contributed by atoms with Gasteiger partial charge in [0.2, 0.25) is 0 Å². The fraction of sp³-hybridized carbons (Fsp3) is 0.350. The molecule has 0 spiro atoms. The topological polar surface area (TPSA) is 41.6 Å². The van der Waals surface area contributed by atoms with Gasteiger partial charge in [0, 0.05) is 6.54 Å². The Morgan fingerprint density at radius 2 is 1.81 bits per heavy atom. The predicted molar refractivity (Wildman–Crippen MR) is 95.2 cm³/mol. The van der Waals surface area contributed by atoms with Crippen LogP contribution < -0.4 is 10.1 Å². The van der Waals surface area contributed by atoms with Crippen LogP contribution in [0.2, 0.25) is 0 Å². The molecule has 1 saturated heterocycles. The van der Waals surface area contributed by atoms with Crippen molar-refractivity contribution in [2.75, 3.05) is 26.7 Å². The normalized spacial score (nSPS) is 15.7. The van der Waals surface area contributed by atoms with Gasteiger partial charge in [-0.1, -0.05) is 18.2 Å². The van der Waals surface area contributed by atoms with Crippen molar-refractivity contribution >= 4 is 5.91 Å². The SMILES string of the molecule is COc1cccc(C(CNC(=O)c2c(F)cccc2F)N2CCCC2)c1. The molecule has 1 N–H and O–H groups in total. The number of halogens is 2. The van der Waals surface area contributed by atoms with E-state index in [9.17, 15) is 13.6 Å². The Morgan fingerprint density at radius 1 is 1.15 bits per heavy atom. The first kappa shape index (κ1) is 18.3. The van der Waals surface area contributed by atoms with Crippen LogP contribution in [-0.4, -0.2) is 37.6 Å². The fourth-order valence-corrected chi connectivity index (χ4v) is 3.35. The van der Waals surface area contributed by atoms with Gasteiger partial charge >= 0.3 is 0 Å². The second-order valence-electron chi connectivity index (χ2n) is 6.34. The summed E-state index contributed by atoms with van der Waals surface area (Å²) in [7, 11) is 1.60. The van der Waals surface area contributed by atoms with E-state index in [1.165, 1.54) is 6.07 Å². The first-order chi connectivity index (χ1) is 12.6.